The normalized spacial score (nSPS) is 10.2. The molecule has 2 rings (SSSR count). The maximum atomic E-state index is 12.7. The molecule has 0 saturated carbocycles. The molecule has 103 valence electrons. The van der Waals surface area contributed by atoms with Gasteiger partial charge in [-0.1, -0.05) is 30.3 Å². The van der Waals surface area contributed by atoms with Crippen LogP contribution in [0.15, 0.2) is 48.5 Å². The third kappa shape index (κ3) is 4.84. The van der Waals surface area contributed by atoms with Crippen LogP contribution in [0.5, 0.6) is 0 Å². The first-order chi connectivity index (χ1) is 9.74. The van der Waals surface area contributed by atoms with E-state index in [1.807, 2.05) is 18.2 Å². The average molecular weight is 270 g/mol. The maximum Gasteiger partial charge on any atom is 0.224 e. The van der Waals surface area contributed by atoms with Crippen LogP contribution in [-0.4, -0.2) is 5.91 Å². The maximum absolute atomic E-state index is 12.7. The van der Waals surface area contributed by atoms with Crippen molar-refractivity contribution < 1.29 is 9.18 Å². The van der Waals surface area contributed by atoms with Gasteiger partial charge in [0.15, 0.2) is 0 Å². The predicted molar refractivity (Wildman–Crippen MR) is 77.9 cm³/mol. The molecule has 0 fully saturated rings. The molecular weight excluding hydrogens is 253 g/mol. The smallest absolute Gasteiger partial charge is 0.224 e. The highest BCUT2D eigenvalue weighted by Crippen LogP contribution is 2.10. The van der Waals surface area contributed by atoms with Gasteiger partial charge in [0.1, 0.15) is 5.82 Å². The van der Waals surface area contributed by atoms with Crippen molar-refractivity contribution in [2.24, 2.45) is 0 Å². The van der Waals surface area contributed by atoms with Crippen molar-refractivity contribution in [2.45, 2.75) is 25.7 Å². The summed E-state index contributed by atoms with van der Waals surface area (Å²) >= 11 is 0. The minimum atomic E-state index is -0.356. The first kappa shape index (κ1) is 14.3. The van der Waals surface area contributed by atoms with Crippen molar-refractivity contribution in [1.82, 2.24) is 0 Å². The molecule has 0 saturated heterocycles. The summed E-state index contributed by atoms with van der Waals surface area (Å²) in [5.74, 6) is -0.410. The molecule has 1 N–H and O–H groups in total. The lowest BCUT2D eigenvalue weighted by Gasteiger charge is -2.05. The zero-order valence-electron chi connectivity index (χ0n) is 11.2. The highest BCUT2D eigenvalue weighted by atomic mass is 19.1. The Morgan fingerprint density at radius 1 is 1.10 bits per heavy atom. The number of nitrogens with one attached hydrogen (secondary N) is 1. The Bertz CT molecular complexity index is 537. The summed E-state index contributed by atoms with van der Waals surface area (Å²) in [4.78, 5) is 11.7. The van der Waals surface area contributed by atoms with Crippen molar-refractivity contribution >= 4 is 11.6 Å². The number of anilines is 1. The first-order valence-electron chi connectivity index (χ1n) is 6.75. The van der Waals surface area contributed by atoms with Crippen molar-refractivity contribution in [3.63, 3.8) is 0 Å². The van der Waals surface area contributed by atoms with Crippen LogP contribution < -0.4 is 5.32 Å². The third-order valence-electron chi connectivity index (χ3n) is 3.01. The number of aryl methyl sites for hydroxylation is 1. The SMILES string of the molecule is O=C(CCCCc1ccccc1)Nc1[c]cc(F)cc1. The van der Waals surface area contributed by atoms with E-state index in [-0.39, 0.29) is 11.7 Å². The lowest BCUT2D eigenvalue weighted by molar-refractivity contribution is -0.116. The summed E-state index contributed by atoms with van der Waals surface area (Å²) in [7, 11) is 0. The number of carbonyl (C=O) groups is 1. The molecule has 0 aliphatic carbocycles. The van der Waals surface area contributed by atoms with E-state index in [2.05, 4.69) is 23.5 Å². The quantitative estimate of drug-likeness (QED) is 0.790. The van der Waals surface area contributed by atoms with E-state index in [9.17, 15) is 9.18 Å². The monoisotopic (exact) mass is 270 g/mol. The summed E-state index contributed by atoms with van der Waals surface area (Å²) in [5.41, 5.74) is 1.80. The van der Waals surface area contributed by atoms with E-state index >= 15 is 0 Å². The summed E-state index contributed by atoms with van der Waals surface area (Å²) in [5, 5.41) is 2.71. The number of halogens is 1. The highest BCUT2D eigenvalue weighted by molar-refractivity contribution is 5.90. The molecule has 0 spiro atoms. The minimum absolute atomic E-state index is 0.0547. The molecule has 2 aromatic rings. The van der Waals surface area contributed by atoms with Crippen LogP contribution in [0, 0.1) is 11.9 Å². The molecule has 0 aliphatic rings. The van der Waals surface area contributed by atoms with Crippen molar-refractivity contribution in [3.05, 3.63) is 66.0 Å². The number of hydrogen-bond acceptors (Lipinski definition) is 1. The Balaban J connectivity index is 1.66. The second-order valence-corrected chi connectivity index (χ2v) is 4.66. The molecule has 3 heteroatoms. The first-order valence-corrected chi connectivity index (χ1v) is 6.75. The van der Waals surface area contributed by atoms with E-state index in [1.54, 1.807) is 0 Å². The van der Waals surface area contributed by atoms with Gasteiger partial charge in [-0.15, -0.1) is 0 Å². The summed E-state index contributed by atoms with van der Waals surface area (Å²) in [6.07, 6.45) is 3.27. The van der Waals surface area contributed by atoms with Gasteiger partial charge in [0.05, 0.1) is 0 Å². The van der Waals surface area contributed by atoms with Crippen molar-refractivity contribution in [1.29, 1.82) is 0 Å². The molecule has 0 aromatic heterocycles. The van der Waals surface area contributed by atoms with E-state index in [0.29, 0.717) is 12.1 Å². The number of benzene rings is 2. The molecule has 0 bridgehead atoms. The fourth-order valence-electron chi connectivity index (χ4n) is 1.96. The third-order valence-corrected chi connectivity index (χ3v) is 3.01. The molecule has 20 heavy (non-hydrogen) atoms. The Morgan fingerprint density at radius 2 is 1.90 bits per heavy atom. The van der Waals surface area contributed by atoms with Gasteiger partial charge in [0.25, 0.3) is 0 Å². The van der Waals surface area contributed by atoms with Gasteiger partial charge >= 0.3 is 0 Å². The molecule has 0 unspecified atom stereocenters. The second-order valence-electron chi connectivity index (χ2n) is 4.66. The Labute approximate surface area is 118 Å². The molecule has 0 aliphatic heterocycles. The number of carbonyl (C=O) groups excluding carboxylic acids is 1. The lowest BCUT2D eigenvalue weighted by atomic mass is 10.1. The molecule has 1 radical (unpaired) electrons. The molecular formula is C17H17FNO. The fourth-order valence-corrected chi connectivity index (χ4v) is 1.96. The minimum Gasteiger partial charge on any atom is -0.326 e. The van der Waals surface area contributed by atoms with Crippen LogP contribution in [0.3, 0.4) is 0 Å². The number of hydrogen-bond donors (Lipinski definition) is 1. The van der Waals surface area contributed by atoms with E-state index in [4.69, 9.17) is 0 Å². The average Bonchev–Trinajstić information content (AvgIpc) is 2.47. The van der Waals surface area contributed by atoms with Gasteiger partial charge < -0.3 is 5.32 Å². The zero-order valence-corrected chi connectivity index (χ0v) is 11.2. The standard InChI is InChI=1S/C17H17FNO/c18-15-10-12-16(13-11-15)19-17(20)9-5-4-8-14-6-2-1-3-7-14/h1-3,6-7,10-12H,4-5,8-9H2,(H,19,20). The van der Waals surface area contributed by atoms with E-state index in [1.165, 1.54) is 23.8 Å². The van der Waals surface area contributed by atoms with Crippen LogP contribution in [0.4, 0.5) is 10.1 Å². The van der Waals surface area contributed by atoms with Crippen molar-refractivity contribution in [3.8, 4) is 0 Å². The van der Waals surface area contributed by atoms with Crippen LogP contribution in [-0.2, 0) is 11.2 Å². The van der Waals surface area contributed by atoms with Gasteiger partial charge in [-0.3, -0.25) is 4.79 Å². The van der Waals surface area contributed by atoms with Crippen LogP contribution in [0.1, 0.15) is 24.8 Å². The number of rotatable bonds is 6. The van der Waals surface area contributed by atoms with Gasteiger partial charge in [0.2, 0.25) is 5.91 Å². The molecule has 0 atom stereocenters. The largest absolute Gasteiger partial charge is 0.326 e. The van der Waals surface area contributed by atoms with Gasteiger partial charge in [-0.25, -0.2) is 4.39 Å². The Morgan fingerprint density at radius 3 is 2.60 bits per heavy atom. The second kappa shape index (κ2) is 7.43. The molecule has 1 amide bonds. The Hall–Kier alpha value is -2.16. The van der Waals surface area contributed by atoms with E-state index < -0.39 is 0 Å². The zero-order chi connectivity index (χ0) is 14.2. The number of amides is 1. The number of unbranched alkanes of at least 4 members (excludes halogenated alkanes) is 1. The predicted octanol–water partition coefficient (Wildman–Crippen LogP) is 3.98. The Kier molecular flexibility index (Phi) is 5.30. The summed E-state index contributed by atoms with van der Waals surface area (Å²) in [6, 6.07) is 16.9. The van der Waals surface area contributed by atoms with Gasteiger partial charge in [-0.2, -0.15) is 0 Å². The summed E-state index contributed by atoms with van der Waals surface area (Å²) < 4.78 is 12.7. The molecule has 2 nitrogen and oxygen atoms in total. The van der Waals surface area contributed by atoms with Crippen LogP contribution >= 0.6 is 0 Å². The van der Waals surface area contributed by atoms with Crippen LogP contribution in [0.2, 0.25) is 0 Å². The molecule has 0 heterocycles. The van der Waals surface area contributed by atoms with Gasteiger partial charge in [-0.05, 0) is 43.0 Å². The highest BCUT2D eigenvalue weighted by Gasteiger charge is 2.02. The van der Waals surface area contributed by atoms with Crippen molar-refractivity contribution in [2.75, 3.05) is 5.32 Å². The van der Waals surface area contributed by atoms with Crippen LogP contribution in [0.25, 0.3) is 0 Å². The fraction of sp³-hybridized carbons (Fsp3) is 0.235. The van der Waals surface area contributed by atoms with E-state index in [0.717, 1.165) is 19.3 Å². The van der Waals surface area contributed by atoms with Gasteiger partial charge in [0, 0.05) is 18.2 Å². The lowest BCUT2D eigenvalue weighted by Crippen LogP contribution is -2.11. The topological polar surface area (TPSA) is 29.1 Å². The summed E-state index contributed by atoms with van der Waals surface area (Å²) in [6.45, 7) is 0. The molecule has 2 aromatic carbocycles.